The van der Waals surface area contributed by atoms with Crippen LogP contribution in [0.1, 0.15) is 32.6 Å². The van der Waals surface area contributed by atoms with Crippen molar-refractivity contribution in [3.63, 3.8) is 0 Å². The molecule has 3 heterocycles. The van der Waals surface area contributed by atoms with Gasteiger partial charge in [-0.2, -0.15) is 18.3 Å². The number of alkyl halides is 3. The van der Waals surface area contributed by atoms with Gasteiger partial charge in [0.1, 0.15) is 11.5 Å². The third kappa shape index (κ3) is 3.67. The van der Waals surface area contributed by atoms with Crippen LogP contribution in [0.15, 0.2) is 42.7 Å². The van der Waals surface area contributed by atoms with Gasteiger partial charge in [-0.3, -0.25) is 9.78 Å². The number of aromatic nitrogens is 3. The maximum Gasteiger partial charge on any atom is 0.416 e. The summed E-state index contributed by atoms with van der Waals surface area (Å²) in [6, 6.07) is 5.70. The van der Waals surface area contributed by atoms with Crippen LogP contribution in [-0.4, -0.2) is 33.0 Å². The Morgan fingerprint density at radius 2 is 1.93 bits per heavy atom. The molecule has 148 valence electrons. The number of carbonyl (C=O) groups excluding carboxylic acids is 1. The largest absolute Gasteiger partial charge is 0.416 e. The van der Waals surface area contributed by atoms with Crippen molar-refractivity contribution in [2.24, 2.45) is 0 Å². The Balaban J connectivity index is 1.69. The van der Waals surface area contributed by atoms with Gasteiger partial charge in [-0.15, -0.1) is 5.10 Å². The molecule has 9 heteroatoms. The summed E-state index contributed by atoms with van der Waals surface area (Å²) in [6.07, 6.45) is -1.69. The van der Waals surface area contributed by atoms with Crippen LogP contribution in [0.2, 0.25) is 0 Å². The van der Waals surface area contributed by atoms with E-state index < -0.39 is 17.6 Å². The number of benzene rings is 1. The zero-order valence-electron chi connectivity index (χ0n) is 15.2. The number of fused-ring (bicyclic) bond motifs is 1. The van der Waals surface area contributed by atoms with Gasteiger partial charge in [0.25, 0.3) is 5.91 Å². The number of hydrogen-bond acceptors (Lipinski definition) is 4. The second-order valence-corrected chi connectivity index (χ2v) is 6.82. The SMILES string of the molecule is CN1Cc2c(ccnc2-c2cc(Cc3cc(F)cc(C(F)(F)F)c3)cnn2)C1=O. The third-order valence-corrected chi connectivity index (χ3v) is 4.68. The number of carbonyl (C=O) groups is 1. The molecule has 0 radical (unpaired) electrons. The number of amides is 1. The lowest BCUT2D eigenvalue weighted by atomic mass is 10.0. The van der Waals surface area contributed by atoms with E-state index in [2.05, 4.69) is 15.2 Å². The average molecular weight is 402 g/mol. The van der Waals surface area contributed by atoms with Gasteiger partial charge in [-0.25, -0.2) is 4.39 Å². The highest BCUT2D eigenvalue weighted by molar-refractivity contribution is 5.99. The predicted molar refractivity (Wildman–Crippen MR) is 95.3 cm³/mol. The Kier molecular flexibility index (Phi) is 4.52. The Labute approximate surface area is 163 Å². The van der Waals surface area contributed by atoms with Gasteiger partial charge in [-0.1, -0.05) is 0 Å². The van der Waals surface area contributed by atoms with E-state index in [-0.39, 0.29) is 17.9 Å². The first-order chi connectivity index (χ1) is 13.7. The van der Waals surface area contributed by atoms with Gasteiger partial charge < -0.3 is 4.90 Å². The average Bonchev–Trinajstić information content (AvgIpc) is 2.95. The highest BCUT2D eigenvalue weighted by Crippen LogP contribution is 2.32. The number of hydrogen-bond donors (Lipinski definition) is 0. The molecule has 5 nitrogen and oxygen atoms in total. The molecule has 2 aromatic heterocycles. The summed E-state index contributed by atoms with van der Waals surface area (Å²) < 4.78 is 52.5. The second-order valence-electron chi connectivity index (χ2n) is 6.82. The monoisotopic (exact) mass is 402 g/mol. The van der Waals surface area contributed by atoms with Crippen LogP contribution in [0.5, 0.6) is 0 Å². The van der Waals surface area contributed by atoms with E-state index in [9.17, 15) is 22.4 Å². The molecule has 0 aliphatic carbocycles. The zero-order chi connectivity index (χ0) is 20.8. The Morgan fingerprint density at radius 1 is 1.14 bits per heavy atom. The molecule has 0 saturated heterocycles. The minimum Gasteiger partial charge on any atom is -0.337 e. The number of rotatable bonds is 3. The topological polar surface area (TPSA) is 59.0 Å². The highest BCUT2D eigenvalue weighted by Gasteiger charge is 2.31. The molecule has 29 heavy (non-hydrogen) atoms. The fourth-order valence-electron chi connectivity index (χ4n) is 3.36. The van der Waals surface area contributed by atoms with E-state index in [0.29, 0.717) is 35.1 Å². The minimum absolute atomic E-state index is 0.0389. The Morgan fingerprint density at radius 3 is 2.69 bits per heavy atom. The van der Waals surface area contributed by atoms with E-state index >= 15 is 0 Å². The summed E-state index contributed by atoms with van der Waals surface area (Å²) in [4.78, 5) is 18.0. The van der Waals surface area contributed by atoms with Crippen molar-refractivity contribution in [2.45, 2.75) is 19.1 Å². The maximum atomic E-state index is 13.7. The summed E-state index contributed by atoms with van der Waals surface area (Å²) in [6.45, 7) is 0.377. The molecule has 0 atom stereocenters. The van der Waals surface area contributed by atoms with Gasteiger partial charge in [0.15, 0.2) is 0 Å². The quantitative estimate of drug-likeness (QED) is 0.624. The molecule has 4 rings (SSSR count). The lowest BCUT2D eigenvalue weighted by Gasteiger charge is -2.10. The summed E-state index contributed by atoms with van der Waals surface area (Å²) in [5, 5.41) is 7.97. The lowest BCUT2D eigenvalue weighted by Crippen LogP contribution is -2.17. The van der Waals surface area contributed by atoms with E-state index in [4.69, 9.17) is 0 Å². The molecule has 1 amide bonds. The van der Waals surface area contributed by atoms with E-state index in [1.807, 2.05) is 0 Å². The van der Waals surface area contributed by atoms with Gasteiger partial charge in [0.2, 0.25) is 0 Å². The molecule has 0 N–H and O–H groups in total. The van der Waals surface area contributed by atoms with Crippen LogP contribution < -0.4 is 0 Å². The van der Waals surface area contributed by atoms with Gasteiger partial charge in [0, 0.05) is 30.9 Å². The van der Waals surface area contributed by atoms with Crippen molar-refractivity contribution in [3.05, 3.63) is 76.4 Å². The predicted octanol–water partition coefficient (Wildman–Crippen LogP) is 3.87. The summed E-state index contributed by atoms with van der Waals surface area (Å²) in [5.41, 5.74) is 1.81. The maximum absolute atomic E-state index is 13.7. The van der Waals surface area contributed by atoms with Crippen LogP contribution in [0.3, 0.4) is 0 Å². The highest BCUT2D eigenvalue weighted by atomic mass is 19.4. The Bertz CT molecular complexity index is 1110. The molecule has 1 aromatic carbocycles. The van der Waals surface area contributed by atoms with Crippen LogP contribution in [-0.2, 0) is 19.1 Å². The van der Waals surface area contributed by atoms with Crippen molar-refractivity contribution in [1.29, 1.82) is 0 Å². The first kappa shape index (κ1) is 19.0. The fraction of sp³-hybridized carbons (Fsp3) is 0.200. The van der Waals surface area contributed by atoms with E-state index in [1.54, 1.807) is 24.1 Å². The number of nitrogens with zero attached hydrogens (tertiary/aromatic N) is 4. The Hall–Kier alpha value is -3.36. The smallest absolute Gasteiger partial charge is 0.337 e. The number of pyridine rings is 1. The van der Waals surface area contributed by atoms with Crippen molar-refractivity contribution in [3.8, 4) is 11.4 Å². The van der Waals surface area contributed by atoms with Crippen molar-refractivity contribution in [2.75, 3.05) is 7.05 Å². The molecule has 0 fully saturated rings. The molecule has 0 saturated carbocycles. The molecule has 3 aromatic rings. The van der Waals surface area contributed by atoms with Gasteiger partial charge in [0.05, 0.1) is 17.5 Å². The minimum atomic E-state index is -4.63. The van der Waals surface area contributed by atoms with Gasteiger partial charge >= 0.3 is 6.18 Å². The van der Waals surface area contributed by atoms with E-state index in [0.717, 1.165) is 17.7 Å². The summed E-state index contributed by atoms with van der Waals surface area (Å²) >= 11 is 0. The summed E-state index contributed by atoms with van der Waals surface area (Å²) in [5.74, 6) is -1.08. The van der Waals surface area contributed by atoms with Crippen LogP contribution in [0.25, 0.3) is 11.4 Å². The second kappa shape index (κ2) is 6.91. The fourth-order valence-corrected chi connectivity index (χ4v) is 3.36. The normalized spacial score (nSPS) is 13.7. The third-order valence-electron chi connectivity index (χ3n) is 4.68. The van der Waals surface area contributed by atoms with Crippen LogP contribution >= 0.6 is 0 Å². The molecule has 1 aliphatic heterocycles. The van der Waals surface area contributed by atoms with Crippen molar-refractivity contribution < 1.29 is 22.4 Å². The molecule has 0 spiro atoms. The van der Waals surface area contributed by atoms with Crippen molar-refractivity contribution in [1.82, 2.24) is 20.1 Å². The first-order valence-corrected chi connectivity index (χ1v) is 8.64. The molecular formula is C20H14F4N4O. The van der Waals surface area contributed by atoms with Crippen molar-refractivity contribution >= 4 is 5.91 Å². The lowest BCUT2D eigenvalue weighted by molar-refractivity contribution is -0.137. The van der Waals surface area contributed by atoms with Gasteiger partial charge in [-0.05, 0) is 47.9 Å². The molecule has 1 aliphatic rings. The molecule has 0 unspecified atom stereocenters. The van der Waals surface area contributed by atoms with Crippen LogP contribution in [0, 0.1) is 5.82 Å². The van der Waals surface area contributed by atoms with Crippen LogP contribution in [0.4, 0.5) is 17.6 Å². The zero-order valence-corrected chi connectivity index (χ0v) is 15.2. The standard InChI is InChI=1S/C20H14F4N4O/c1-28-10-16-15(19(28)29)2-3-25-18(16)17-7-12(9-26-27-17)4-11-5-13(20(22,23)24)8-14(21)6-11/h2-3,5-9H,4,10H2,1H3. The molecular weight excluding hydrogens is 388 g/mol. The first-order valence-electron chi connectivity index (χ1n) is 8.64. The number of halogens is 4. The molecule has 0 bridgehead atoms. The summed E-state index contributed by atoms with van der Waals surface area (Å²) in [7, 11) is 1.68. The van der Waals surface area contributed by atoms with E-state index in [1.165, 1.54) is 12.4 Å².